The minimum absolute atomic E-state index is 0.0157. The lowest BCUT2D eigenvalue weighted by Crippen LogP contribution is -2.07. The van der Waals surface area contributed by atoms with Gasteiger partial charge in [0.15, 0.2) is 0 Å². The highest BCUT2D eigenvalue weighted by Gasteiger charge is 2.28. The van der Waals surface area contributed by atoms with Gasteiger partial charge in [-0.2, -0.15) is 0 Å². The molecule has 0 aliphatic rings. The summed E-state index contributed by atoms with van der Waals surface area (Å²) in [4.78, 5) is 0.306. The van der Waals surface area contributed by atoms with Crippen LogP contribution in [0.15, 0.2) is 131 Å². The van der Waals surface area contributed by atoms with Crippen molar-refractivity contribution in [1.82, 2.24) is 0 Å². The molecule has 0 bridgehead atoms. The Kier molecular flexibility index (Phi) is 7.80. The van der Waals surface area contributed by atoms with Gasteiger partial charge in [0.1, 0.15) is 11.5 Å². The van der Waals surface area contributed by atoms with Gasteiger partial charge < -0.3 is 9.84 Å². The van der Waals surface area contributed by atoms with Crippen LogP contribution in [0.2, 0.25) is 0 Å². The summed E-state index contributed by atoms with van der Waals surface area (Å²) < 4.78 is 35.1. The van der Waals surface area contributed by atoms with Crippen molar-refractivity contribution in [3.63, 3.8) is 0 Å². The van der Waals surface area contributed by atoms with Crippen LogP contribution in [0.1, 0.15) is 19.8 Å². The molecule has 0 saturated heterocycles. The van der Waals surface area contributed by atoms with E-state index in [9.17, 15) is 13.5 Å². The second kappa shape index (κ2) is 11.6. The topological polar surface area (TPSA) is 63.6 Å². The first-order chi connectivity index (χ1) is 19.0. The number of hydrogen-bond donors (Lipinski definition) is 1. The average Bonchev–Trinajstić information content (AvgIpc) is 2.98. The van der Waals surface area contributed by atoms with Crippen LogP contribution in [0.4, 0.5) is 0 Å². The number of ether oxygens (including phenoxy) is 1. The van der Waals surface area contributed by atoms with E-state index in [1.54, 1.807) is 30.3 Å². The molecule has 0 spiro atoms. The molecule has 5 aromatic rings. The predicted octanol–water partition coefficient (Wildman–Crippen LogP) is 8.40. The Hall–Kier alpha value is -4.35. The number of phenols is 1. The van der Waals surface area contributed by atoms with Crippen LogP contribution in [0.25, 0.3) is 33.4 Å². The summed E-state index contributed by atoms with van der Waals surface area (Å²) in [6.07, 6.45) is 1.92. The van der Waals surface area contributed by atoms with Crippen LogP contribution in [-0.2, 0) is 9.84 Å². The summed E-state index contributed by atoms with van der Waals surface area (Å²) in [6, 6.07) is 36.3. The van der Waals surface area contributed by atoms with Gasteiger partial charge in [-0.05, 0) is 53.4 Å². The normalized spacial score (nSPS) is 11.3. The van der Waals surface area contributed by atoms with Gasteiger partial charge in [-0.25, -0.2) is 8.42 Å². The third kappa shape index (κ3) is 5.59. The minimum Gasteiger partial charge on any atom is -0.507 e. The van der Waals surface area contributed by atoms with Gasteiger partial charge in [0.2, 0.25) is 9.84 Å². The number of benzene rings is 5. The molecule has 0 aliphatic heterocycles. The van der Waals surface area contributed by atoms with E-state index in [0.29, 0.717) is 34.6 Å². The Morgan fingerprint density at radius 1 is 0.615 bits per heavy atom. The zero-order valence-corrected chi connectivity index (χ0v) is 22.6. The summed E-state index contributed by atoms with van der Waals surface area (Å²) in [5.41, 5.74) is 3.67. The molecule has 0 atom stereocenters. The molecular formula is C34H30O4S. The first-order valence-electron chi connectivity index (χ1n) is 13.0. The molecular weight excluding hydrogens is 504 g/mol. The maximum atomic E-state index is 14.6. The fourth-order valence-corrected chi connectivity index (χ4v) is 6.30. The van der Waals surface area contributed by atoms with E-state index >= 15 is 0 Å². The monoisotopic (exact) mass is 534 g/mol. The maximum absolute atomic E-state index is 14.6. The van der Waals surface area contributed by atoms with Gasteiger partial charge in [0, 0.05) is 16.7 Å². The Morgan fingerprint density at radius 2 is 1.13 bits per heavy atom. The molecule has 0 saturated carbocycles. The van der Waals surface area contributed by atoms with Crippen LogP contribution < -0.4 is 4.74 Å². The lowest BCUT2D eigenvalue weighted by Gasteiger charge is -2.18. The van der Waals surface area contributed by atoms with Crippen molar-refractivity contribution in [3.8, 4) is 44.9 Å². The molecule has 5 aromatic carbocycles. The Labute approximate surface area is 230 Å². The number of hydrogen-bond acceptors (Lipinski definition) is 4. The third-order valence-electron chi connectivity index (χ3n) is 6.65. The first-order valence-corrected chi connectivity index (χ1v) is 14.5. The molecule has 0 fully saturated rings. The van der Waals surface area contributed by atoms with E-state index in [-0.39, 0.29) is 15.5 Å². The molecule has 0 aliphatic carbocycles. The molecule has 0 aromatic heterocycles. The van der Waals surface area contributed by atoms with Crippen LogP contribution >= 0.6 is 0 Å². The van der Waals surface area contributed by atoms with Crippen LogP contribution in [0, 0.1) is 0 Å². The standard InChI is InChI=1S/C34H30O4S/c1-2-3-21-38-28-19-20-33(30(22-28)26-15-9-5-10-16-26)39(36,37)34-24-29(25-13-7-4-8-14-25)32(35)23-31(34)27-17-11-6-12-18-27/h4-20,22-24,35H,2-3,21H2,1H3. The molecule has 196 valence electrons. The van der Waals surface area contributed by atoms with Crippen molar-refractivity contribution in [1.29, 1.82) is 0 Å². The molecule has 0 heterocycles. The van der Waals surface area contributed by atoms with Gasteiger partial charge in [-0.3, -0.25) is 0 Å². The van der Waals surface area contributed by atoms with E-state index in [1.807, 2.05) is 91.0 Å². The molecule has 5 heteroatoms. The van der Waals surface area contributed by atoms with Crippen molar-refractivity contribution in [2.24, 2.45) is 0 Å². The van der Waals surface area contributed by atoms with Gasteiger partial charge >= 0.3 is 0 Å². The Balaban J connectivity index is 1.74. The van der Waals surface area contributed by atoms with E-state index < -0.39 is 9.84 Å². The van der Waals surface area contributed by atoms with Crippen molar-refractivity contribution in [2.75, 3.05) is 6.61 Å². The second-order valence-corrected chi connectivity index (χ2v) is 11.2. The highest BCUT2D eigenvalue weighted by Crippen LogP contribution is 2.42. The molecule has 1 N–H and O–H groups in total. The summed E-state index contributed by atoms with van der Waals surface area (Å²) in [5.74, 6) is 0.641. The third-order valence-corrected chi connectivity index (χ3v) is 8.50. The molecule has 0 radical (unpaired) electrons. The second-order valence-electron chi connectivity index (χ2n) is 9.33. The molecule has 0 unspecified atom stereocenters. The van der Waals surface area contributed by atoms with E-state index in [1.165, 1.54) is 0 Å². The predicted molar refractivity (Wildman–Crippen MR) is 157 cm³/mol. The van der Waals surface area contributed by atoms with E-state index in [0.717, 1.165) is 24.0 Å². The van der Waals surface area contributed by atoms with Crippen LogP contribution in [-0.4, -0.2) is 20.1 Å². The Morgan fingerprint density at radius 3 is 1.67 bits per heavy atom. The highest BCUT2D eigenvalue weighted by molar-refractivity contribution is 7.91. The number of phenolic OH excluding ortho intramolecular Hbond substituents is 1. The number of rotatable bonds is 9. The summed E-state index contributed by atoms with van der Waals surface area (Å²) >= 11 is 0. The smallest absolute Gasteiger partial charge is 0.207 e. The summed E-state index contributed by atoms with van der Waals surface area (Å²) in [5, 5.41) is 11.0. The number of unbranched alkanes of at least 4 members (excludes halogenated alkanes) is 1. The molecule has 5 rings (SSSR count). The van der Waals surface area contributed by atoms with Gasteiger partial charge in [-0.1, -0.05) is 104 Å². The van der Waals surface area contributed by atoms with Crippen molar-refractivity contribution in [3.05, 3.63) is 121 Å². The van der Waals surface area contributed by atoms with Crippen molar-refractivity contribution in [2.45, 2.75) is 29.6 Å². The first kappa shape index (κ1) is 26.3. The SMILES string of the molecule is CCCCOc1ccc(S(=O)(=O)c2cc(-c3ccccc3)c(O)cc2-c2ccccc2)c(-c2ccccc2)c1. The van der Waals surface area contributed by atoms with Gasteiger partial charge in [0.25, 0.3) is 0 Å². The van der Waals surface area contributed by atoms with Gasteiger partial charge in [0.05, 0.1) is 16.4 Å². The van der Waals surface area contributed by atoms with Crippen molar-refractivity contribution < 1.29 is 18.3 Å². The van der Waals surface area contributed by atoms with E-state index in [4.69, 9.17) is 4.74 Å². The lowest BCUT2D eigenvalue weighted by atomic mass is 9.99. The quantitative estimate of drug-likeness (QED) is 0.193. The van der Waals surface area contributed by atoms with Gasteiger partial charge in [-0.15, -0.1) is 0 Å². The fraction of sp³-hybridized carbons (Fsp3) is 0.118. The summed E-state index contributed by atoms with van der Waals surface area (Å²) in [7, 11) is -4.05. The molecule has 39 heavy (non-hydrogen) atoms. The van der Waals surface area contributed by atoms with E-state index in [2.05, 4.69) is 6.92 Å². The zero-order chi connectivity index (χ0) is 27.2. The zero-order valence-electron chi connectivity index (χ0n) is 21.7. The number of sulfone groups is 1. The maximum Gasteiger partial charge on any atom is 0.207 e. The lowest BCUT2D eigenvalue weighted by molar-refractivity contribution is 0.309. The molecule has 0 amide bonds. The fourth-order valence-electron chi connectivity index (χ4n) is 4.61. The Bertz CT molecular complexity index is 1660. The molecule has 4 nitrogen and oxygen atoms in total. The largest absolute Gasteiger partial charge is 0.507 e. The van der Waals surface area contributed by atoms with Crippen LogP contribution in [0.3, 0.4) is 0 Å². The average molecular weight is 535 g/mol. The highest BCUT2D eigenvalue weighted by atomic mass is 32.2. The number of aromatic hydroxyl groups is 1. The minimum atomic E-state index is -4.05. The van der Waals surface area contributed by atoms with Crippen molar-refractivity contribution >= 4 is 9.84 Å². The summed E-state index contributed by atoms with van der Waals surface area (Å²) in [6.45, 7) is 2.66. The van der Waals surface area contributed by atoms with Crippen LogP contribution in [0.5, 0.6) is 11.5 Å².